The van der Waals surface area contributed by atoms with Gasteiger partial charge >= 0.3 is 5.97 Å². The Morgan fingerprint density at radius 2 is 1.81 bits per heavy atom. The minimum absolute atomic E-state index is 0.0986. The number of hydrogen-bond acceptors (Lipinski definition) is 4. The molecule has 0 unspecified atom stereocenters. The van der Waals surface area contributed by atoms with Gasteiger partial charge in [-0.05, 0) is 53.6 Å². The number of anilines is 1. The lowest BCUT2D eigenvalue weighted by atomic mass is 10.1. The highest BCUT2D eigenvalue weighted by molar-refractivity contribution is 6.02. The van der Waals surface area contributed by atoms with Gasteiger partial charge in [0, 0.05) is 17.7 Å². The number of nitrogens with zero attached hydrogens (tertiary/aromatic N) is 1. The average Bonchev–Trinajstić information content (AvgIpc) is 3.18. The van der Waals surface area contributed by atoms with E-state index in [1.54, 1.807) is 42.5 Å². The molecule has 4 rings (SSSR count). The third-order valence-electron chi connectivity index (χ3n) is 4.58. The summed E-state index contributed by atoms with van der Waals surface area (Å²) in [5, 5.41) is 11.2. The Balaban J connectivity index is 1.46. The fourth-order valence-corrected chi connectivity index (χ4v) is 3.06. The number of carboxylic acids is 1. The number of carbonyl (C=O) groups excluding carboxylic acids is 1. The molecule has 0 spiro atoms. The van der Waals surface area contributed by atoms with Crippen LogP contribution in [0.25, 0.3) is 28.6 Å². The quantitative estimate of drug-likeness (QED) is 0.414. The zero-order valence-electron chi connectivity index (χ0n) is 16.5. The Morgan fingerprint density at radius 1 is 1.03 bits per heavy atom. The van der Waals surface area contributed by atoms with E-state index >= 15 is 0 Å². The van der Waals surface area contributed by atoms with E-state index in [2.05, 4.69) is 10.3 Å². The molecule has 0 fully saturated rings. The summed E-state index contributed by atoms with van der Waals surface area (Å²) in [6.07, 6.45) is 2.64. The summed E-state index contributed by atoms with van der Waals surface area (Å²) in [5.74, 6) is -2.53. The van der Waals surface area contributed by atoms with E-state index in [1.165, 1.54) is 12.2 Å². The van der Waals surface area contributed by atoms with Gasteiger partial charge < -0.3 is 14.8 Å². The zero-order valence-corrected chi connectivity index (χ0v) is 16.5. The summed E-state index contributed by atoms with van der Waals surface area (Å²) in [5.41, 5.74) is 2.88. The smallest absolute Gasteiger partial charge is 0.307 e. The number of amides is 1. The maximum atomic E-state index is 13.6. The lowest BCUT2D eigenvalue weighted by Gasteiger charge is -2.03. The van der Waals surface area contributed by atoms with Crippen LogP contribution in [0.15, 0.2) is 71.2 Å². The molecule has 0 aliphatic heterocycles. The summed E-state index contributed by atoms with van der Waals surface area (Å²) >= 11 is 0. The monoisotopic (exact) mass is 434 g/mol. The van der Waals surface area contributed by atoms with E-state index in [-0.39, 0.29) is 12.1 Å². The van der Waals surface area contributed by atoms with Crippen molar-refractivity contribution in [3.8, 4) is 11.5 Å². The van der Waals surface area contributed by atoms with Crippen molar-refractivity contribution in [1.29, 1.82) is 0 Å². The molecule has 4 aromatic rings. The molecule has 6 nitrogen and oxygen atoms in total. The van der Waals surface area contributed by atoms with Crippen LogP contribution in [0, 0.1) is 11.6 Å². The molecule has 8 heteroatoms. The van der Waals surface area contributed by atoms with Crippen molar-refractivity contribution in [3.05, 3.63) is 89.5 Å². The van der Waals surface area contributed by atoms with Crippen molar-refractivity contribution in [2.24, 2.45) is 0 Å². The number of carbonyl (C=O) groups is 2. The number of nitrogens with one attached hydrogen (secondary N) is 1. The van der Waals surface area contributed by atoms with Crippen molar-refractivity contribution in [3.63, 3.8) is 0 Å². The molecule has 0 aliphatic rings. The van der Waals surface area contributed by atoms with Crippen LogP contribution in [0.5, 0.6) is 0 Å². The third kappa shape index (κ3) is 4.86. The molecule has 0 aliphatic carbocycles. The first-order valence-corrected chi connectivity index (χ1v) is 9.53. The van der Waals surface area contributed by atoms with E-state index in [0.717, 1.165) is 18.2 Å². The number of aromatic nitrogens is 1. The van der Waals surface area contributed by atoms with Gasteiger partial charge in [0.1, 0.15) is 17.2 Å². The van der Waals surface area contributed by atoms with Crippen LogP contribution < -0.4 is 5.32 Å². The maximum Gasteiger partial charge on any atom is 0.307 e. The lowest BCUT2D eigenvalue weighted by molar-refractivity contribution is -0.136. The second-order valence-electron chi connectivity index (χ2n) is 6.96. The Hall–Kier alpha value is -4.33. The second kappa shape index (κ2) is 8.81. The normalized spacial score (nSPS) is 11.2. The Bertz CT molecular complexity index is 1340. The van der Waals surface area contributed by atoms with Crippen LogP contribution in [0.3, 0.4) is 0 Å². The van der Waals surface area contributed by atoms with Crippen molar-refractivity contribution in [2.45, 2.75) is 6.42 Å². The van der Waals surface area contributed by atoms with Gasteiger partial charge in [0.2, 0.25) is 11.8 Å². The second-order valence-corrected chi connectivity index (χ2v) is 6.96. The van der Waals surface area contributed by atoms with Gasteiger partial charge in [0.15, 0.2) is 5.58 Å². The SMILES string of the molecule is O=C(O)Cc1ccc2oc(-c3ccc(C=CC(=O)Nc4cc(F)ccc4F)cc3)nc2c1. The van der Waals surface area contributed by atoms with Crippen molar-refractivity contribution in [2.75, 3.05) is 5.32 Å². The molecular formula is C24H16F2N2O4. The minimum Gasteiger partial charge on any atom is -0.481 e. The standard InChI is InChI=1S/C24H16F2N2O4/c25-17-7-8-18(26)19(13-17)27-22(29)10-4-14-1-5-16(6-2-14)24-28-20-11-15(12-23(30)31)3-9-21(20)32-24/h1-11,13H,12H2,(H,27,29)(H,30,31). The van der Waals surface area contributed by atoms with E-state index in [1.807, 2.05) is 0 Å². The molecule has 2 N–H and O–H groups in total. The van der Waals surface area contributed by atoms with Gasteiger partial charge in [-0.2, -0.15) is 0 Å². The fourth-order valence-electron chi connectivity index (χ4n) is 3.06. The highest BCUT2D eigenvalue weighted by Gasteiger charge is 2.10. The predicted molar refractivity (Wildman–Crippen MR) is 115 cm³/mol. The number of aliphatic carboxylic acids is 1. The molecule has 1 heterocycles. The Morgan fingerprint density at radius 3 is 2.56 bits per heavy atom. The minimum atomic E-state index is -0.925. The van der Waals surface area contributed by atoms with E-state index < -0.39 is 23.5 Å². The largest absolute Gasteiger partial charge is 0.481 e. The van der Waals surface area contributed by atoms with Gasteiger partial charge in [-0.1, -0.05) is 18.2 Å². The van der Waals surface area contributed by atoms with Gasteiger partial charge in [0.05, 0.1) is 12.1 Å². The summed E-state index contributed by atoms with van der Waals surface area (Å²) in [6.45, 7) is 0. The Labute approximate surface area is 180 Å². The number of carboxylic acid groups (broad SMARTS) is 1. The lowest BCUT2D eigenvalue weighted by Crippen LogP contribution is -2.09. The molecule has 0 atom stereocenters. The van der Waals surface area contributed by atoms with E-state index in [0.29, 0.717) is 33.7 Å². The van der Waals surface area contributed by atoms with Crippen LogP contribution in [-0.4, -0.2) is 22.0 Å². The van der Waals surface area contributed by atoms with Crippen LogP contribution >= 0.6 is 0 Å². The predicted octanol–water partition coefficient (Wildman–Crippen LogP) is 5.05. The number of hydrogen-bond donors (Lipinski definition) is 2. The molecule has 0 radical (unpaired) electrons. The highest BCUT2D eigenvalue weighted by Crippen LogP contribution is 2.25. The zero-order chi connectivity index (χ0) is 22.7. The van der Waals surface area contributed by atoms with Crippen molar-refractivity contribution >= 4 is 34.7 Å². The Kier molecular flexibility index (Phi) is 5.76. The molecule has 0 bridgehead atoms. The topological polar surface area (TPSA) is 92.4 Å². The first kappa shape index (κ1) is 20.9. The maximum absolute atomic E-state index is 13.6. The molecule has 32 heavy (non-hydrogen) atoms. The summed E-state index contributed by atoms with van der Waals surface area (Å²) in [7, 11) is 0. The number of oxazole rings is 1. The first-order chi connectivity index (χ1) is 15.4. The van der Waals surface area contributed by atoms with Crippen LogP contribution in [0.1, 0.15) is 11.1 Å². The summed E-state index contributed by atoms with van der Waals surface area (Å²) in [6, 6.07) is 14.8. The number of halogens is 2. The van der Waals surface area contributed by atoms with E-state index in [4.69, 9.17) is 9.52 Å². The van der Waals surface area contributed by atoms with Gasteiger partial charge in [-0.3, -0.25) is 9.59 Å². The first-order valence-electron chi connectivity index (χ1n) is 9.53. The van der Waals surface area contributed by atoms with E-state index in [9.17, 15) is 18.4 Å². The average molecular weight is 434 g/mol. The summed E-state index contributed by atoms with van der Waals surface area (Å²) < 4.78 is 32.5. The molecule has 1 amide bonds. The molecular weight excluding hydrogens is 418 g/mol. The number of rotatable bonds is 6. The molecule has 3 aromatic carbocycles. The van der Waals surface area contributed by atoms with Crippen molar-refractivity contribution in [1.82, 2.24) is 4.98 Å². The van der Waals surface area contributed by atoms with Crippen LogP contribution in [0.2, 0.25) is 0 Å². The van der Waals surface area contributed by atoms with Crippen LogP contribution in [-0.2, 0) is 16.0 Å². The van der Waals surface area contributed by atoms with Crippen molar-refractivity contribution < 1.29 is 27.9 Å². The molecule has 160 valence electrons. The van der Waals surface area contributed by atoms with Gasteiger partial charge in [-0.15, -0.1) is 0 Å². The van der Waals surface area contributed by atoms with Crippen LogP contribution in [0.4, 0.5) is 14.5 Å². The highest BCUT2D eigenvalue weighted by atomic mass is 19.1. The van der Waals surface area contributed by atoms with Gasteiger partial charge in [0.25, 0.3) is 0 Å². The fraction of sp³-hybridized carbons (Fsp3) is 0.0417. The third-order valence-corrected chi connectivity index (χ3v) is 4.58. The number of fused-ring (bicyclic) bond motifs is 1. The number of benzene rings is 3. The molecule has 0 saturated heterocycles. The van der Waals surface area contributed by atoms with Gasteiger partial charge in [-0.25, -0.2) is 13.8 Å². The molecule has 0 saturated carbocycles. The molecule has 1 aromatic heterocycles. The summed E-state index contributed by atoms with van der Waals surface area (Å²) in [4.78, 5) is 27.3.